The van der Waals surface area contributed by atoms with Crippen LogP contribution in [0.5, 0.6) is 0 Å². The molecule has 1 unspecified atom stereocenters. The lowest BCUT2D eigenvalue weighted by atomic mass is 9.97. The summed E-state index contributed by atoms with van der Waals surface area (Å²) < 4.78 is 0. The van der Waals surface area contributed by atoms with Crippen molar-refractivity contribution in [3.05, 3.63) is 237 Å². The van der Waals surface area contributed by atoms with Gasteiger partial charge in [0, 0.05) is 28.4 Å². The van der Waals surface area contributed by atoms with Crippen LogP contribution in [0.25, 0.3) is 44.5 Å². The molecule has 0 amide bonds. The van der Waals surface area contributed by atoms with Gasteiger partial charge in [0.2, 0.25) is 0 Å². The molecule has 268 valence electrons. The minimum atomic E-state index is 0.222. The molecule has 0 radical (unpaired) electrons. The topological polar surface area (TPSA) is 6.48 Å². The predicted molar refractivity (Wildman–Crippen MR) is 238 cm³/mol. The first kappa shape index (κ1) is 34.6. The summed E-state index contributed by atoms with van der Waals surface area (Å²) in [6, 6.07) is 76.6. The van der Waals surface area contributed by atoms with Crippen LogP contribution < -0.4 is 9.80 Å². The van der Waals surface area contributed by atoms with E-state index in [1.165, 1.54) is 55.9 Å². The summed E-state index contributed by atoms with van der Waals surface area (Å²) in [6.45, 7) is 0. The minimum absolute atomic E-state index is 0.222. The second-order valence-electron chi connectivity index (χ2n) is 14.2. The Kier molecular flexibility index (Phi) is 9.92. The fourth-order valence-corrected chi connectivity index (χ4v) is 7.71. The van der Waals surface area contributed by atoms with E-state index in [2.05, 4.69) is 246 Å². The van der Waals surface area contributed by atoms with Crippen molar-refractivity contribution in [2.24, 2.45) is 0 Å². The Morgan fingerprint density at radius 1 is 0.304 bits per heavy atom. The molecule has 8 aromatic rings. The van der Waals surface area contributed by atoms with E-state index in [-0.39, 0.29) is 6.04 Å². The second-order valence-corrected chi connectivity index (χ2v) is 14.2. The van der Waals surface area contributed by atoms with Crippen LogP contribution >= 0.6 is 0 Å². The van der Waals surface area contributed by atoms with Gasteiger partial charge in [-0.2, -0.15) is 0 Å². The molecule has 0 fully saturated rings. The highest BCUT2D eigenvalue weighted by molar-refractivity contribution is 5.82. The number of benzene rings is 8. The molecule has 1 aliphatic carbocycles. The SMILES string of the molecule is C1=CCC(N(c2ccc(-c3ccccc3)cc2)c2cccc(-c3cccc(-c4ccc(N(c5ccccc5)c5ccc(-c6ccccc6)cc5)cc4)c3)c2)C=C1. The van der Waals surface area contributed by atoms with Crippen molar-refractivity contribution in [3.8, 4) is 44.5 Å². The van der Waals surface area contributed by atoms with E-state index in [0.717, 1.165) is 23.5 Å². The average Bonchev–Trinajstić information content (AvgIpc) is 3.29. The zero-order valence-electron chi connectivity index (χ0n) is 31.2. The second kappa shape index (κ2) is 16.1. The summed E-state index contributed by atoms with van der Waals surface area (Å²) >= 11 is 0. The smallest absolute Gasteiger partial charge is 0.0559 e. The van der Waals surface area contributed by atoms with Crippen molar-refractivity contribution >= 4 is 28.4 Å². The van der Waals surface area contributed by atoms with Gasteiger partial charge in [-0.1, -0.05) is 170 Å². The quantitative estimate of drug-likeness (QED) is 0.139. The maximum Gasteiger partial charge on any atom is 0.0559 e. The van der Waals surface area contributed by atoms with Gasteiger partial charge in [0.15, 0.2) is 0 Å². The van der Waals surface area contributed by atoms with Crippen LogP contribution in [0.1, 0.15) is 6.42 Å². The maximum absolute atomic E-state index is 2.47. The van der Waals surface area contributed by atoms with Crippen LogP contribution in [-0.4, -0.2) is 6.04 Å². The summed E-state index contributed by atoms with van der Waals surface area (Å²) in [7, 11) is 0. The van der Waals surface area contributed by atoms with E-state index < -0.39 is 0 Å². The summed E-state index contributed by atoms with van der Waals surface area (Å²) in [5.41, 5.74) is 15.3. The molecule has 0 saturated carbocycles. The molecule has 0 heterocycles. The zero-order valence-corrected chi connectivity index (χ0v) is 31.2. The largest absolute Gasteiger partial charge is 0.334 e. The molecule has 0 N–H and O–H groups in total. The Morgan fingerprint density at radius 3 is 1.23 bits per heavy atom. The third-order valence-electron chi connectivity index (χ3n) is 10.6. The highest BCUT2D eigenvalue weighted by Gasteiger charge is 2.20. The Balaban J connectivity index is 1.00. The molecule has 0 aliphatic heterocycles. The van der Waals surface area contributed by atoms with E-state index in [0.29, 0.717) is 0 Å². The van der Waals surface area contributed by atoms with Crippen molar-refractivity contribution in [3.63, 3.8) is 0 Å². The van der Waals surface area contributed by atoms with E-state index in [1.807, 2.05) is 0 Å². The third-order valence-corrected chi connectivity index (χ3v) is 10.6. The van der Waals surface area contributed by atoms with Crippen LogP contribution in [-0.2, 0) is 0 Å². The minimum Gasteiger partial charge on any atom is -0.334 e. The summed E-state index contributed by atoms with van der Waals surface area (Å²) in [4.78, 5) is 4.79. The third kappa shape index (κ3) is 7.46. The fourth-order valence-electron chi connectivity index (χ4n) is 7.71. The van der Waals surface area contributed by atoms with Crippen LogP contribution in [0, 0.1) is 0 Å². The summed E-state index contributed by atoms with van der Waals surface area (Å²) in [5.74, 6) is 0. The lowest BCUT2D eigenvalue weighted by Gasteiger charge is -2.33. The van der Waals surface area contributed by atoms with Gasteiger partial charge < -0.3 is 9.80 Å². The number of anilines is 5. The number of rotatable bonds is 10. The molecule has 8 aromatic carbocycles. The Morgan fingerprint density at radius 2 is 0.696 bits per heavy atom. The van der Waals surface area contributed by atoms with Crippen molar-refractivity contribution < 1.29 is 0 Å². The van der Waals surface area contributed by atoms with Gasteiger partial charge in [0.25, 0.3) is 0 Å². The first-order chi connectivity index (χ1) is 27.8. The van der Waals surface area contributed by atoms with Gasteiger partial charge >= 0.3 is 0 Å². The Labute approximate surface area is 330 Å². The van der Waals surface area contributed by atoms with Gasteiger partial charge in [-0.05, 0) is 118 Å². The first-order valence-electron chi connectivity index (χ1n) is 19.4. The fraction of sp³-hybridized carbons (Fsp3) is 0.0370. The Hall–Kier alpha value is -7.16. The van der Waals surface area contributed by atoms with Crippen molar-refractivity contribution in [2.75, 3.05) is 9.80 Å². The number of para-hydroxylation sites is 1. The summed E-state index contributed by atoms with van der Waals surface area (Å²) in [6.07, 6.45) is 9.83. The zero-order chi connectivity index (χ0) is 37.5. The molecule has 0 spiro atoms. The lowest BCUT2D eigenvalue weighted by Crippen LogP contribution is -2.29. The highest BCUT2D eigenvalue weighted by atomic mass is 15.2. The summed E-state index contributed by atoms with van der Waals surface area (Å²) in [5, 5.41) is 0. The number of hydrogen-bond acceptors (Lipinski definition) is 2. The van der Waals surface area contributed by atoms with Crippen LogP contribution in [0.3, 0.4) is 0 Å². The number of hydrogen-bond donors (Lipinski definition) is 0. The molecule has 1 atom stereocenters. The van der Waals surface area contributed by atoms with Crippen molar-refractivity contribution in [1.29, 1.82) is 0 Å². The molecular formula is C54H42N2. The molecule has 2 heteroatoms. The molecule has 2 nitrogen and oxygen atoms in total. The Bertz CT molecular complexity index is 2570. The molecule has 0 aromatic heterocycles. The van der Waals surface area contributed by atoms with Gasteiger partial charge in [-0.25, -0.2) is 0 Å². The average molecular weight is 719 g/mol. The first-order valence-corrected chi connectivity index (χ1v) is 19.4. The lowest BCUT2D eigenvalue weighted by molar-refractivity contribution is 0.785. The van der Waals surface area contributed by atoms with E-state index in [9.17, 15) is 0 Å². The number of allylic oxidation sites excluding steroid dienone is 2. The van der Waals surface area contributed by atoms with Crippen LogP contribution in [0.2, 0.25) is 0 Å². The normalized spacial score (nSPS) is 13.3. The van der Waals surface area contributed by atoms with Gasteiger partial charge in [0.1, 0.15) is 0 Å². The molecule has 0 bridgehead atoms. The van der Waals surface area contributed by atoms with Crippen molar-refractivity contribution in [1.82, 2.24) is 0 Å². The predicted octanol–water partition coefficient (Wildman–Crippen LogP) is 14.8. The molecule has 9 rings (SSSR count). The molecule has 1 aliphatic rings. The van der Waals surface area contributed by atoms with E-state index in [4.69, 9.17) is 0 Å². The van der Waals surface area contributed by atoms with Crippen LogP contribution in [0.15, 0.2) is 237 Å². The van der Waals surface area contributed by atoms with Gasteiger partial charge in [-0.15, -0.1) is 0 Å². The van der Waals surface area contributed by atoms with Crippen molar-refractivity contribution in [2.45, 2.75) is 12.5 Å². The van der Waals surface area contributed by atoms with Gasteiger partial charge in [0.05, 0.1) is 6.04 Å². The van der Waals surface area contributed by atoms with Crippen LogP contribution in [0.4, 0.5) is 28.4 Å². The molecule has 0 saturated heterocycles. The molecular weight excluding hydrogens is 677 g/mol. The van der Waals surface area contributed by atoms with Gasteiger partial charge in [-0.3, -0.25) is 0 Å². The van der Waals surface area contributed by atoms with E-state index >= 15 is 0 Å². The van der Waals surface area contributed by atoms with E-state index in [1.54, 1.807) is 0 Å². The monoisotopic (exact) mass is 718 g/mol. The highest BCUT2D eigenvalue weighted by Crippen LogP contribution is 2.38. The molecule has 56 heavy (non-hydrogen) atoms. The standard InChI is InChI=1S/C54H42N2/c1-5-15-41(16-6-1)43-27-33-51(34-28-43)55(49-22-9-3-10-23-49)52-37-31-45(32-38-52)46-19-13-20-47(39-46)48-21-14-26-54(40-48)56(50-24-11-4-12-25-50)53-35-29-44(30-36-53)42-17-7-2-8-18-42/h1-24,26-40,50H,25H2. The number of nitrogens with zero attached hydrogens (tertiary/aromatic N) is 2. The maximum atomic E-state index is 2.47.